The van der Waals surface area contributed by atoms with Crippen LogP contribution in [-0.4, -0.2) is 122 Å². The first-order valence-electron chi connectivity index (χ1n) is 13.5. The van der Waals surface area contributed by atoms with Gasteiger partial charge in [-0.3, -0.25) is 4.79 Å². The molecular weight excluding hydrogens is 576 g/mol. The van der Waals surface area contributed by atoms with Crippen LogP contribution in [0.1, 0.15) is 35.4 Å². The summed E-state index contributed by atoms with van der Waals surface area (Å²) in [5.41, 5.74) is 0.373. The third-order valence-corrected chi connectivity index (χ3v) is 7.70. The molecule has 5 rings (SSSR count). The fourth-order valence-corrected chi connectivity index (χ4v) is 5.20. The number of ether oxygens (including phenoxy) is 6. The first kappa shape index (κ1) is 31.2. The van der Waals surface area contributed by atoms with E-state index in [-0.39, 0.29) is 35.0 Å². The van der Waals surface area contributed by atoms with Gasteiger partial charge < -0.3 is 69.3 Å². The van der Waals surface area contributed by atoms with Crippen LogP contribution in [0.5, 0.6) is 28.7 Å². The number of hydrogen-bond acceptors (Lipinski definition) is 15. The molecule has 2 saturated heterocycles. The summed E-state index contributed by atoms with van der Waals surface area (Å²) in [4.78, 5) is 12.9. The fraction of sp³-hybridized carbons (Fsp3) is 0.536. The van der Waals surface area contributed by atoms with Crippen molar-refractivity contribution in [3.8, 4) is 28.7 Å². The van der Waals surface area contributed by atoms with Gasteiger partial charge in [-0.2, -0.15) is 0 Å². The summed E-state index contributed by atoms with van der Waals surface area (Å²) in [6.45, 7) is 0.964. The van der Waals surface area contributed by atoms with Crippen LogP contribution in [0.2, 0.25) is 0 Å². The van der Waals surface area contributed by atoms with Crippen LogP contribution in [0.3, 0.4) is 0 Å². The van der Waals surface area contributed by atoms with E-state index in [1.54, 1.807) is 6.07 Å². The molecular formula is C28H34O15. The Morgan fingerprint density at radius 2 is 1.53 bits per heavy atom. The number of carbonyl (C=O) groups excluding carboxylic acids is 1. The van der Waals surface area contributed by atoms with Crippen molar-refractivity contribution in [3.63, 3.8) is 0 Å². The predicted octanol–water partition coefficient (Wildman–Crippen LogP) is -1.16. The second kappa shape index (κ2) is 12.4. The van der Waals surface area contributed by atoms with Gasteiger partial charge >= 0.3 is 0 Å². The lowest BCUT2D eigenvalue weighted by Gasteiger charge is -2.42. The van der Waals surface area contributed by atoms with Crippen molar-refractivity contribution in [3.05, 3.63) is 41.5 Å². The normalized spacial score (nSPS) is 36.0. The number of carbonyl (C=O) groups is 1. The summed E-state index contributed by atoms with van der Waals surface area (Å²) in [6.07, 6.45) is -15.9. The average molecular weight is 611 g/mol. The first-order valence-corrected chi connectivity index (χ1v) is 13.5. The number of aliphatic hydroxyl groups is 6. The zero-order valence-electron chi connectivity index (χ0n) is 23.1. The molecule has 43 heavy (non-hydrogen) atoms. The molecule has 8 N–H and O–H groups in total. The molecule has 2 aromatic rings. The number of phenols is 2. The molecule has 0 spiro atoms. The Morgan fingerprint density at radius 1 is 0.837 bits per heavy atom. The summed E-state index contributed by atoms with van der Waals surface area (Å²) in [6, 6.07) is 6.90. The quantitative estimate of drug-likeness (QED) is 0.185. The summed E-state index contributed by atoms with van der Waals surface area (Å²) in [5.74, 6) is -0.999. The van der Waals surface area contributed by atoms with Gasteiger partial charge in [0.25, 0.3) is 0 Å². The van der Waals surface area contributed by atoms with Crippen LogP contribution in [-0.2, 0) is 14.2 Å². The highest BCUT2D eigenvalue weighted by atomic mass is 16.7. The van der Waals surface area contributed by atoms with Gasteiger partial charge in [0.15, 0.2) is 23.6 Å². The average Bonchev–Trinajstić information content (AvgIpc) is 2.97. The van der Waals surface area contributed by atoms with E-state index in [1.807, 2.05) is 0 Å². The van der Waals surface area contributed by atoms with E-state index in [9.17, 15) is 45.6 Å². The second-order valence-electron chi connectivity index (χ2n) is 10.6. The molecule has 0 aromatic heterocycles. The third kappa shape index (κ3) is 6.08. The summed E-state index contributed by atoms with van der Waals surface area (Å²) in [5, 5.41) is 82.2. The second-order valence-corrected chi connectivity index (χ2v) is 10.6. The fourth-order valence-electron chi connectivity index (χ4n) is 5.20. The number of hydrogen-bond donors (Lipinski definition) is 8. The molecule has 11 atom stereocenters. The van der Waals surface area contributed by atoms with Crippen molar-refractivity contribution in [1.29, 1.82) is 0 Å². The SMILES string of the molecule is COc1ccc([C@H]2CC(=O)c3c(O)cc(O[C@H]4O[C@H](CO[C@@H]5O[C@H](C)[C@H](O)[C@@H](O)[C@H]5O)[C@H](O)[C@@H](O)[C@@H]4O)cc3O2)cc1O. The zero-order valence-corrected chi connectivity index (χ0v) is 23.1. The third-order valence-electron chi connectivity index (χ3n) is 7.70. The van der Waals surface area contributed by atoms with Crippen LogP contribution in [0.15, 0.2) is 30.3 Å². The van der Waals surface area contributed by atoms with Crippen LogP contribution in [0, 0.1) is 0 Å². The van der Waals surface area contributed by atoms with Gasteiger partial charge in [-0.05, 0) is 24.6 Å². The Balaban J connectivity index is 1.30. The molecule has 0 aliphatic carbocycles. The first-order chi connectivity index (χ1) is 20.4. The van der Waals surface area contributed by atoms with Crippen molar-refractivity contribution < 1.29 is 74.1 Å². The lowest BCUT2D eigenvalue weighted by molar-refractivity contribution is -0.318. The topological polar surface area (TPSA) is 234 Å². The standard InChI is InChI=1S/C28H34O15/c1-10-21(32)23(34)25(36)27(40-10)39-9-19-22(33)24(35)26(37)28(43-19)41-12-6-14(30)20-15(31)8-17(42-18(20)7-12)11-3-4-16(38-2)13(29)5-11/h3-7,10,17,19,21-30,32-37H,8-9H2,1-2H3/t10-,17-,19-,21+,22+,23-,24-,25-,26+,27-,28+/m1/s1. The van der Waals surface area contributed by atoms with E-state index in [1.165, 1.54) is 32.2 Å². The van der Waals surface area contributed by atoms with Gasteiger partial charge in [0.1, 0.15) is 71.6 Å². The number of Topliss-reactive ketones (excluding diaryl/α,β-unsaturated/α-hetero) is 1. The van der Waals surface area contributed by atoms with Gasteiger partial charge in [0.05, 0.1) is 26.2 Å². The minimum atomic E-state index is -1.77. The lowest BCUT2D eigenvalue weighted by Crippen LogP contribution is -2.61. The zero-order chi connectivity index (χ0) is 31.2. The van der Waals surface area contributed by atoms with Gasteiger partial charge in [-0.1, -0.05) is 6.07 Å². The number of ketones is 1. The maximum atomic E-state index is 12.9. The van der Waals surface area contributed by atoms with Crippen LogP contribution >= 0.6 is 0 Å². The summed E-state index contributed by atoms with van der Waals surface area (Å²) >= 11 is 0. The summed E-state index contributed by atoms with van der Waals surface area (Å²) < 4.78 is 33.1. The molecule has 2 aromatic carbocycles. The Labute approximate surface area is 245 Å². The highest BCUT2D eigenvalue weighted by Crippen LogP contribution is 2.43. The van der Waals surface area contributed by atoms with E-state index < -0.39 is 85.7 Å². The van der Waals surface area contributed by atoms with Gasteiger partial charge in [-0.15, -0.1) is 0 Å². The van der Waals surface area contributed by atoms with Crippen molar-refractivity contribution in [1.82, 2.24) is 0 Å². The maximum absolute atomic E-state index is 12.9. The van der Waals surface area contributed by atoms with Gasteiger partial charge in [0.2, 0.25) is 6.29 Å². The van der Waals surface area contributed by atoms with Gasteiger partial charge in [-0.25, -0.2) is 0 Å². The Kier molecular flexibility index (Phi) is 8.99. The minimum Gasteiger partial charge on any atom is -0.507 e. The van der Waals surface area contributed by atoms with E-state index in [0.29, 0.717) is 5.56 Å². The molecule has 0 unspecified atom stereocenters. The molecule has 0 amide bonds. The largest absolute Gasteiger partial charge is 0.507 e. The Hall–Kier alpha value is -3.25. The molecule has 0 saturated carbocycles. The van der Waals surface area contributed by atoms with Crippen LogP contribution < -0.4 is 14.2 Å². The van der Waals surface area contributed by atoms with E-state index in [2.05, 4.69) is 0 Å². The highest BCUT2D eigenvalue weighted by molar-refractivity contribution is 6.02. The molecule has 0 bridgehead atoms. The number of aromatic hydroxyl groups is 2. The Bertz CT molecular complexity index is 1320. The minimum absolute atomic E-state index is 0.0457. The molecule has 236 valence electrons. The number of aliphatic hydroxyl groups excluding tert-OH is 6. The van der Waals surface area contributed by atoms with Crippen molar-refractivity contribution >= 4 is 5.78 Å². The Morgan fingerprint density at radius 3 is 2.23 bits per heavy atom. The monoisotopic (exact) mass is 610 g/mol. The smallest absolute Gasteiger partial charge is 0.229 e. The van der Waals surface area contributed by atoms with Crippen LogP contribution in [0.25, 0.3) is 0 Å². The molecule has 15 heteroatoms. The number of methoxy groups -OCH3 is 1. The lowest BCUT2D eigenvalue weighted by atomic mass is 9.95. The van der Waals surface area contributed by atoms with Crippen LogP contribution in [0.4, 0.5) is 0 Å². The number of benzene rings is 2. The molecule has 15 nitrogen and oxygen atoms in total. The molecule has 3 aliphatic heterocycles. The maximum Gasteiger partial charge on any atom is 0.229 e. The number of fused-ring (bicyclic) bond motifs is 1. The molecule has 2 fully saturated rings. The predicted molar refractivity (Wildman–Crippen MR) is 141 cm³/mol. The van der Waals surface area contributed by atoms with Crippen molar-refractivity contribution in [2.75, 3.05) is 13.7 Å². The molecule has 3 heterocycles. The molecule has 0 radical (unpaired) electrons. The van der Waals surface area contributed by atoms with E-state index >= 15 is 0 Å². The van der Waals surface area contributed by atoms with Crippen molar-refractivity contribution in [2.45, 2.75) is 80.9 Å². The summed E-state index contributed by atoms with van der Waals surface area (Å²) in [7, 11) is 1.39. The molecule has 3 aliphatic rings. The van der Waals surface area contributed by atoms with E-state index in [0.717, 1.165) is 6.07 Å². The highest BCUT2D eigenvalue weighted by Gasteiger charge is 2.47. The number of rotatable bonds is 7. The van der Waals surface area contributed by atoms with Crippen molar-refractivity contribution in [2.24, 2.45) is 0 Å². The van der Waals surface area contributed by atoms with E-state index in [4.69, 9.17) is 28.4 Å². The van der Waals surface area contributed by atoms with Gasteiger partial charge in [0, 0.05) is 12.1 Å². The number of phenolic OH excluding ortho intramolecular Hbond substituents is 2.